The molecule has 0 bridgehead atoms. The summed E-state index contributed by atoms with van der Waals surface area (Å²) < 4.78 is 5.36. The van der Waals surface area contributed by atoms with E-state index in [4.69, 9.17) is 10.3 Å². The number of benzene rings is 1. The topological polar surface area (TPSA) is 52.0 Å². The largest absolute Gasteiger partial charge is 0.381 e. The smallest absolute Gasteiger partial charge is 0.172 e. The molecule has 0 fully saturated rings. The van der Waals surface area contributed by atoms with Crippen molar-refractivity contribution < 1.29 is 4.52 Å². The van der Waals surface area contributed by atoms with E-state index in [0.29, 0.717) is 11.7 Å². The summed E-state index contributed by atoms with van der Waals surface area (Å²) in [6.07, 6.45) is 0. The molecule has 0 amide bonds. The molecular weight excluding hydrogens is 212 g/mol. The van der Waals surface area contributed by atoms with Crippen molar-refractivity contribution in [3.63, 3.8) is 0 Å². The Morgan fingerprint density at radius 2 is 1.88 bits per heavy atom. The average molecular weight is 230 g/mol. The van der Waals surface area contributed by atoms with Crippen molar-refractivity contribution in [2.75, 3.05) is 5.73 Å². The molecule has 90 valence electrons. The molecule has 0 unspecified atom stereocenters. The zero-order valence-corrected chi connectivity index (χ0v) is 10.7. The van der Waals surface area contributed by atoms with E-state index in [1.807, 2.05) is 6.07 Å². The van der Waals surface area contributed by atoms with Crippen LogP contribution in [-0.4, -0.2) is 5.16 Å². The van der Waals surface area contributed by atoms with E-state index in [1.165, 1.54) is 11.1 Å². The molecule has 1 aromatic heterocycles. The van der Waals surface area contributed by atoms with Gasteiger partial charge in [-0.3, -0.25) is 0 Å². The SMILES string of the molecule is Cc1ccc(-c2onc(N)c2C(C)C)cc1C. The molecule has 0 saturated carbocycles. The van der Waals surface area contributed by atoms with Crippen LogP contribution in [0.3, 0.4) is 0 Å². The highest BCUT2D eigenvalue weighted by Gasteiger charge is 2.18. The van der Waals surface area contributed by atoms with Gasteiger partial charge in [-0.25, -0.2) is 0 Å². The third-order valence-corrected chi connectivity index (χ3v) is 3.10. The average Bonchev–Trinajstić information content (AvgIpc) is 2.64. The number of hydrogen-bond acceptors (Lipinski definition) is 3. The Morgan fingerprint density at radius 3 is 2.47 bits per heavy atom. The van der Waals surface area contributed by atoms with Crippen LogP contribution in [-0.2, 0) is 0 Å². The second-order valence-electron chi connectivity index (χ2n) is 4.76. The standard InChI is InChI=1S/C14H18N2O/c1-8(2)12-13(17-16-14(12)15)11-6-5-9(3)10(4)7-11/h5-8H,1-4H3,(H2,15,16). The van der Waals surface area contributed by atoms with Crippen molar-refractivity contribution in [1.82, 2.24) is 5.16 Å². The maximum Gasteiger partial charge on any atom is 0.172 e. The third kappa shape index (κ3) is 2.05. The van der Waals surface area contributed by atoms with Gasteiger partial charge in [-0.15, -0.1) is 0 Å². The summed E-state index contributed by atoms with van der Waals surface area (Å²) in [6.45, 7) is 8.37. The lowest BCUT2D eigenvalue weighted by molar-refractivity contribution is 0.434. The molecule has 0 saturated heterocycles. The van der Waals surface area contributed by atoms with E-state index in [2.05, 4.69) is 45.0 Å². The Hall–Kier alpha value is -1.77. The Labute approximate surface area is 102 Å². The molecule has 2 aromatic rings. The van der Waals surface area contributed by atoms with E-state index in [1.54, 1.807) is 0 Å². The number of nitrogens with two attached hydrogens (primary N) is 1. The molecule has 0 atom stereocenters. The van der Waals surface area contributed by atoms with Crippen molar-refractivity contribution in [2.45, 2.75) is 33.6 Å². The van der Waals surface area contributed by atoms with Gasteiger partial charge in [0.05, 0.1) is 0 Å². The molecule has 0 radical (unpaired) electrons. The molecule has 1 heterocycles. The second kappa shape index (κ2) is 4.24. The van der Waals surface area contributed by atoms with Crippen molar-refractivity contribution >= 4 is 5.82 Å². The van der Waals surface area contributed by atoms with Crippen LogP contribution in [0.15, 0.2) is 22.7 Å². The van der Waals surface area contributed by atoms with E-state index in [0.717, 1.165) is 16.9 Å². The fourth-order valence-corrected chi connectivity index (χ4v) is 1.96. The summed E-state index contributed by atoms with van der Waals surface area (Å²) in [5.41, 5.74) is 10.4. The molecule has 0 spiro atoms. The van der Waals surface area contributed by atoms with Crippen LogP contribution in [0, 0.1) is 13.8 Å². The highest BCUT2D eigenvalue weighted by molar-refractivity contribution is 5.68. The van der Waals surface area contributed by atoms with Crippen molar-refractivity contribution in [1.29, 1.82) is 0 Å². The molecule has 2 N–H and O–H groups in total. The molecule has 3 heteroatoms. The van der Waals surface area contributed by atoms with Gasteiger partial charge in [0.25, 0.3) is 0 Å². The van der Waals surface area contributed by atoms with Crippen LogP contribution in [0.4, 0.5) is 5.82 Å². The van der Waals surface area contributed by atoms with Crippen molar-refractivity contribution in [2.24, 2.45) is 0 Å². The van der Waals surface area contributed by atoms with Crippen molar-refractivity contribution in [3.05, 3.63) is 34.9 Å². The Bertz CT molecular complexity index is 541. The molecule has 1 aromatic carbocycles. The van der Waals surface area contributed by atoms with E-state index >= 15 is 0 Å². The molecule has 0 aliphatic rings. The minimum Gasteiger partial charge on any atom is -0.381 e. The number of hydrogen-bond donors (Lipinski definition) is 1. The molecule has 2 rings (SSSR count). The summed E-state index contributed by atoms with van der Waals surface area (Å²) in [5.74, 6) is 1.59. The summed E-state index contributed by atoms with van der Waals surface area (Å²) in [4.78, 5) is 0. The van der Waals surface area contributed by atoms with Gasteiger partial charge in [-0.05, 0) is 37.0 Å². The molecule has 17 heavy (non-hydrogen) atoms. The van der Waals surface area contributed by atoms with Crippen LogP contribution in [0.25, 0.3) is 11.3 Å². The minimum atomic E-state index is 0.304. The summed E-state index contributed by atoms with van der Waals surface area (Å²) in [6, 6.07) is 6.25. The van der Waals surface area contributed by atoms with Gasteiger partial charge in [-0.1, -0.05) is 31.1 Å². The molecular formula is C14H18N2O. The quantitative estimate of drug-likeness (QED) is 0.856. The van der Waals surface area contributed by atoms with Crippen LogP contribution >= 0.6 is 0 Å². The first kappa shape index (κ1) is 11.7. The van der Waals surface area contributed by atoms with Gasteiger partial charge >= 0.3 is 0 Å². The second-order valence-corrected chi connectivity index (χ2v) is 4.76. The zero-order valence-electron chi connectivity index (χ0n) is 10.7. The maximum absolute atomic E-state index is 5.84. The number of nitrogens with zero attached hydrogens (tertiary/aromatic N) is 1. The Balaban J connectivity index is 2.56. The van der Waals surface area contributed by atoms with Gasteiger partial charge in [-0.2, -0.15) is 0 Å². The van der Waals surface area contributed by atoms with E-state index < -0.39 is 0 Å². The highest BCUT2D eigenvalue weighted by atomic mass is 16.5. The van der Waals surface area contributed by atoms with E-state index in [-0.39, 0.29) is 0 Å². The summed E-state index contributed by atoms with van der Waals surface area (Å²) >= 11 is 0. The lowest BCUT2D eigenvalue weighted by atomic mass is 9.97. The van der Waals surface area contributed by atoms with Crippen LogP contribution in [0.2, 0.25) is 0 Å². The third-order valence-electron chi connectivity index (χ3n) is 3.10. The van der Waals surface area contributed by atoms with Crippen molar-refractivity contribution in [3.8, 4) is 11.3 Å². The molecule has 3 nitrogen and oxygen atoms in total. The number of rotatable bonds is 2. The van der Waals surface area contributed by atoms with Crippen LogP contribution in [0.1, 0.15) is 36.5 Å². The van der Waals surface area contributed by atoms with E-state index in [9.17, 15) is 0 Å². The maximum atomic E-state index is 5.84. The van der Waals surface area contributed by atoms with Gasteiger partial charge in [0.2, 0.25) is 0 Å². The van der Waals surface area contributed by atoms with Gasteiger partial charge in [0.1, 0.15) is 0 Å². The normalized spacial score (nSPS) is 11.1. The lowest BCUT2D eigenvalue weighted by Crippen LogP contribution is -1.95. The first-order chi connectivity index (χ1) is 8.00. The minimum absolute atomic E-state index is 0.304. The Kier molecular flexibility index (Phi) is 2.92. The Morgan fingerprint density at radius 1 is 1.18 bits per heavy atom. The number of anilines is 1. The number of aryl methyl sites for hydroxylation is 2. The fourth-order valence-electron chi connectivity index (χ4n) is 1.96. The van der Waals surface area contributed by atoms with Crippen LogP contribution < -0.4 is 5.73 Å². The lowest BCUT2D eigenvalue weighted by Gasteiger charge is -2.07. The number of aromatic nitrogens is 1. The molecule has 0 aliphatic heterocycles. The van der Waals surface area contributed by atoms with Gasteiger partial charge < -0.3 is 10.3 Å². The monoisotopic (exact) mass is 230 g/mol. The predicted octanol–water partition coefficient (Wildman–Crippen LogP) is 3.66. The first-order valence-corrected chi connectivity index (χ1v) is 5.83. The zero-order chi connectivity index (χ0) is 12.6. The predicted molar refractivity (Wildman–Crippen MR) is 69.9 cm³/mol. The molecule has 0 aliphatic carbocycles. The fraction of sp³-hybridized carbons (Fsp3) is 0.357. The van der Waals surface area contributed by atoms with Gasteiger partial charge in [0, 0.05) is 11.1 Å². The highest BCUT2D eigenvalue weighted by Crippen LogP contribution is 2.33. The number of nitrogen functional groups attached to an aromatic ring is 1. The van der Waals surface area contributed by atoms with Gasteiger partial charge in [0.15, 0.2) is 11.6 Å². The first-order valence-electron chi connectivity index (χ1n) is 5.83. The summed E-state index contributed by atoms with van der Waals surface area (Å²) in [5, 5.41) is 3.87. The van der Waals surface area contributed by atoms with Crippen LogP contribution in [0.5, 0.6) is 0 Å². The summed E-state index contributed by atoms with van der Waals surface area (Å²) in [7, 11) is 0.